The van der Waals surface area contributed by atoms with Crippen LogP contribution in [0.4, 0.5) is 0 Å². The van der Waals surface area contributed by atoms with Crippen molar-refractivity contribution in [1.29, 1.82) is 0 Å². The minimum absolute atomic E-state index is 0.0222. The first-order valence-corrected chi connectivity index (χ1v) is 7.42. The number of rotatable bonds is 3. The molecule has 3 aromatic rings. The van der Waals surface area contributed by atoms with Crippen molar-refractivity contribution in [3.05, 3.63) is 81.2 Å². The fourth-order valence-corrected chi connectivity index (χ4v) is 2.48. The summed E-state index contributed by atoms with van der Waals surface area (Å²) >= 11 is 0. The number of hydrogen-bond donors (Lipinski definition) is 1. The van der Waals surface area contributed by atoms with Gasteiger partial charge in [0.1, 0.15) is 11.1 Å². The molecule has 3 rings (SSSR count). The van der Waals surface area contributed by atoms with Crippen molar-refractivity contribution in [2.75, 3.05) is 0 Å². The van der Waals surface area contributed by atoms with Gasteiger partial charge in [-0.05, 0) is 37.1 Å². The zero-order chi connectivity index (χ0) is 16.4. The second-order valence-corrected chi connectivity index (χ2v) is 5.60. The van der Waals surface area contributed by atoms with Crippen molar-refractivity contribution < 1.29 is 9.21 Å². The second kappa shape index (κ2) is 6.08. The van der Waals surface area contributed by atoms with Gasteiger partial charge >= 0.3 is 5.63 Å². The Bertz CT molecular complexity index is 941. The van der Waals surface area contributed by atoms with E-state index in [1.54, 1.807) is 24.3 Å². The Kier molecular flexibility index (Phi) is 3.98. The molecule has 0 aliphatic carbocycles. The molecule has 0 saturated carbocycles. The van der Waals surface area contributed by atoms with Crippen molar-refractivity contribution in [3.63, 3.8) is 0 Å². The van der Waals surface area contributed by atoms with Crippen LogP contribution in [0.15, 0.2) is 57.7 Å². The van der Waals surface area contributed by atoms with Crippen molar-refractivity contribution in [2.24, 2.45) is 0 Å². The first kappa shape index (κ1) is 15.0. The number of hydrogen-bond acceptors (Lipinski definition) is 3. The Balaban J connectivity index is 1.85. The maximum atomic E-state index is 12.3. The van der Waals surface area contributed by atoms with Crippen LogP contribution in [0.1, 0.15) is 27.0 Å². The predicted molar refractivity (Wildman–Crippen MR) is 89.6 cm³/mol. The zero-order valence-corrected chi connectivity index (χ0v) is 13.1. The third-order valence-corrected chi connectivity index (χ3v) is 3.83. The Morgan fingerprint density at radius 1 is 1.09 bits per heavy atom. The second-order valence-electron chi connectivity index (χ2n) is 5.60. The lowest BCUT2D eigenvalue weighted by atomic mass is 10.1. The predicted octanol–water partition coefficient (Wildman–Crippen LogP) is 3.34. The molecule has 0 aliphatic rings. The van der Waals surface area contributed by atoms with Gasteiger partial charge in [0.25, 0.3) is 5.91 Å². The van der Waals surface area contributed by atoms with E-state index in [4.69, 9.17) is 4.42 Å². The molecular weight excluding hydrogens is 290 g/mol. The van der Waals surface area contributed by atoms with Crippen LogP contribution in [0, 0.1) is 13.8 Å². The standard InChI is InChI=1S/C19H17NO3/c1-12-7-8-13(2)15(9-12)11-20-18(21)16-10-14-5-3-4-6-17(14)23-19(16)22/h3-10H,11H2,1-2H3,(H,20,21). The molecule has 1 aromatic heterocycles. The number of fused-ring (bicyclic) bond motifs is 1. The van der Waals surface area contributed by atoms with E-state index in [0.29, 0.717) is 12.1 Å². The van der Waals surface area contributed by atoms with Crippen LogP contribution in [0.2, 0.25) is 0 Å². The number of aryl methyl sites for hydroxylation is 2. The average molecular weight is 307 g/mol. The number of carbonyl (C=O) groups is 1. The largest absolute Gasteiger partial charge is 0.422 e. The fraction of sp³-hybridized carbons (Fsp3) is 0.158. The molecule has 1 amide bonds. The maximum absolute atomic E-state index is 12.3. The molecule has 0 fully saturated rings. The van der Waals surface area contributed by atoms with Crippen LogP contribution in [0.25, 0.3) is 11.0 Å². The molecule has 0 bridgehead atoms. The Labute approximate surface area is 133 Å². The van der Waals surface area contributed by atoms with Gasteiger partial charge in [0.05, 0.1) is 0 Å². The van der Waals surface area contributed by atoms with E-state index in [1.807, 2.05) is 38.1 Å². The molecule has 0 saturated heterocycles. The normalized spacial score (nSPS) is 10.7. The lowest BCUT2D eigenvalue weighted by Crippen LogP contribution is -2.28. The summed E-state index contributed by atoms with van der Waals surface area (Å²) in [4.78, 5) is 24.3. The monoisotopic (exact) mass is 307 g/mol. The molecule has 1 heterocycles. The van der Waals surface area contributed by atoms with E-state index in [-0.39, 0.29) is 5.56 Å². The summed E-state index contributed by atoms with van der Waals surface area (Å²) in [6.45, 7) is 4.37. The first-order chi connectivity index (χ1) is 11.0. The maximum Gasteiger partial charge on any atom is 0.349 e. The smallest absolute Gasteiger partial charge is 0.349 e. The van der Waals surface area contributed by atoms with E-state index in [0.717, 1.165) is 22.1 Å². The Hall–Kier alpha value is -2.88. The van der Waals surface area contributed by atoms with E-state index in [1.165, 1.54) is 0 Å². The third-order valence-electron chi connectivity index (χ3n) is 3.83. The van der Waals surface area contributed by atoms with Crippen LogP contribution < -0.4 is 10.9 Å². The van der Waals surface area contributed by atoms with Crippen molar-refractivity contribution in [1.82, 2.24) is 5.32 Å². The molecule has 1 N–H and O–H groups in total. The highest BCUT2D eigenvalue weighted by atomic mass is 16.4. The molecule has 4 heteroatoms. The van der Waals surface area contributed by atoms with Crippen LogP contribution in [0.5, 0.6) is 0 Å². The van der Waals surface area contributed by atoms with E-state index < -0.39 is 11.5 Å². The van der Waals surface area contributed by atoms with Crippen LogP contribution >= 0.6 is 0 Å². The summed E-state index contributed by atoms with van der Waals surface area (Å²) in [5.74, 6) is -0.426. The summed E-state index contributed by atoms with van der Waals surface area (Å²) in [5.41, 5.74) is 3.13. The van der Waals surface area contributed by atoms with Gasteiger partial charge in [0.2, 0.25) is 0 Å². The Morgan fingerprint density at radius 3 is 2.70 bits per heavy atom. The van der Waals surface area contributed by atoms with E-state index >= 15 is 0 Å². The first-order valence-electron chi connectivity index (χ1n) is 7.42. The highest BCUT2D eigenvalue weighted by Crippen LogP contribution is 2.13. The third kappa shape index (κ3) is 3.16. The number of amides is 1. The minimum atomic E-state index is -0.623. The molecule has 0 atom stereocenters. The van der Waals surface area contributed by atoms with Crippen LogP contribution in [-0.4, -0.2) is 5.91 Å². The average Bonchev–Trinajstić information content (AvgIpc) is 2.54. The van der Waals surface area contributed by atoms with Crippen LogP contribution in [0.3, 0.4) is 0 Å². The lowest BCUT2D eigenvalue weighted by Gasteiger charge is -2.09. The molecule has 0 unspecified atom stereocenters. The highest BCUT2D eigenvalue weighted by molar-refractivity contribution is 5.96. The number of benzene rings is 2. The minimum Gasteiger partial charge on any atom is -0.422 e. The van der Waals surface area contributed by atoms with Gasteiger partial charge < -0.3 is 9.73 Å². The molecule has 2 aromatic carbocycles. The molecule has 116 valence electrons. The van der Waals surface area contributed by atoms with Gasteiger partial charge in [-0.15, -0.1) is 0 Å². The molecule has 23 heavy (non-hydrogen) atoms. The molecule has 0 radical (unpaired) electrons. The SMILES string of the molecule is Cc1ccc(C)c(CNC(=O)c2cc3ccccc3oc2=O)c1. The topological polar surface area (TPSA) is 59.3 Å². The van der Waals surface area contributed by atoms with E-state index in [2.05, 4.69) is 5.32 Å². The zero-order valence-electron chi connectivity index (χ0n) is 13.1. The van der Waals surface area contributed by atoms with Crippen LogP contribution in [-0.2, 0) is 6.54 Å². The quantitative estimate of drug-likeness (QED) is 0.755. The number of carbonyl (C=O) groups excluding carboxylic acids is 1. The number of para-hydroxylation sites is 1. The molecule has 0 spiro atoms. The fourth-order valence-electron chi connectivity index (χ4n) is 2.48. The summed E-state index contributed by atoms with van der Waals surface area (Å²) in [7, 11) is 0. The molecule has 0 aliphatic heterocycles. The van der Waals surface area contributed by atoms with Gasteiger partial charge in [-0.2, -0.15) is 0 Å². The molecule has 4 nitrogen and oxygen atoms in total. The van der Waals surface area contributed by atoms with Gasteiger partial charge in [-0.1, -0.05) is 42.0 Å². The van der Waals surface area contributed by atoms with Gasteiger partial charge in [-0.3, -0.25) is 4.79 Å². The summed E-state index contributed by atoms with van der Waals surface area (Å²) < 4.78 is 5.19. The van der Waals surface area contributed by atoms with Crippen molar-refractivity contribution in [3.8, 4) is 0 Å². The van der Waals surface area contributed by atoms with Gasteiger partial charge in [0, 0.05) is 11.9 Å². The van der Waals surface area contributed by atoms with Crippen molar-refractivity contribution in [2.45, 2.75) is 20.4 Å². The summed E-state index contributed by atoms with van der Waals surface area (Å²) in [6, 6.07) is 14.8. The Morgan fingerprint density at radius 2 is 1.87 bits per heavy atom. The summed E-state index contributed by atoms with van der Waals surface area (Å²) in [6.07, 6.45) is 0. The molecular formula is C19H17NO3. The van der Waals surface area contributed by atoms with Gasteiger partial charge in [-0.25, -0.2) is 4.79 Å². The van der Waals surface area contributed by atoms with Crippen molar-refractivity contribution >= 4 is 16.9 Å². The van der Waals surface area contributed by atoms with Gasteiger partial charge in [0.15, 0.2) is 0 Å². The number of nitrogens with one attached hydrogen (secondary N) is 1. The highest BCUT2D eigenvalue weighted by Gasteiger charge is 2.13. The summed E-state index contributed by atoms with van der Waals surface area (Å²) in [5, 5.41) is 3.52. The lowest BCUT2D eigenvalue weighted by molar-refractivity contribution is 0.0947. The van der Waals surface area contributed by atoms with E-state index in [9.17, 15) is 9.59 Å².